The van der Waals surface area contributed by atoms with Crippen molar-refractivity contribution in [3.8, 4) is 0 Å². The molecule has 39 heavy (non-hydrogen) atoms. The van der Waals surface area contributed by atoms with Crippen LogP contribution in [-0.2, 0) is 9.59 Å². The van der Waals surface area contributed by atoms with Crippen molar-refractivity contribution in [1.82, 2.24) is 10.2 Å². The number of aliphatic imine (C=N–C) groups is 1. The van der Waals surface area contributed by atoms with E-state index in [1.54, 1.807) is 30.3 Å². The molecule has 2 aliphatic rings. The molecule has 0 bridgehead atoms. The van der Waals surface area contributed by atoms with E-state index in [1.807, 2.05) is 24.0 Å². The number of carboxylic acids is 1. The van der Waals surface area contributed by atoms with Crippen LogP contribution in [-0.4, -0.2) is 40.6 Å². The zero-order valence-electron chi connectivity index (χ0n) is 22.8. The predicted molar refractivity (Wildman–Crippen MR) is 146 cm³/mol. The number of carboxylic acid groups (broad SMARTS) is 1. The van der Waals surface area contributed by atoms with Gasteiger partial charge in [-0.15, -0.1) is 0 Å². The van der Waals surface area contributed by atoms with Gasteiger partial charge in [-0.2, -0.15) is 0 Å². The molecule has 1 heterocycles. The van der Waals surface area contributed by atoms with Gasteiger partial charge < -0.3 is 20.1 Å². The third-order valence-electron chi connectivity index (χ3n) is 7.82. The molecule has 2 amide bonds. The van der Waals surface area contributed by atoms with Gasteiger partial charge in [-0.3, -0.25) is 14.6 Å². The Morgan fingerprint density at radius 3 is 2.33 bits per heavy atom. The molecular formula is C29H32Cl2N3NaO4. The number of halogens is 2. The Morgan fingerprint density at radius 2 is 1.77 bits per heavy atom. The SMILES string of the molecule is CC[C@H](c1ccc(C(=O)NCCC(=O)[O-])cc1)N1C(=O)C(c2cc(Cl)cc(Cl)c2)=NC12CCC(C)C(C)C2.[Na+]. The summed E-state index contributed by atoms with van der Waals surface area (Å²) in [5.74, 6) is -0.815. The van der Waals surface area contributed by atoms with Crippen molar-refractivity contribution >= 4 is 46.7 Å². The van der Waals surface area contributed by atoms with E-state index in [0.29, 0.717) is 45.1 Å². The first kappa shape index (κ1) is 31.6. The maximum absolute atomic E-state index is 14.1. The van der Waals surface area contributed by atoms with E-state index in [9.17, 15) is 19.5 Å². The van der Waals surface area contributed by atoms with Crippen molar-refractivity contribution < 1.29 is 49.0 Å². The average Bonchev–Trinajstić information content (AvgIpc) is 3.13. The first-order valence-electron chi connectivity index (χ1n) is 13.0. The van der Waals surface area contributed by atoms with Gasteiger partial charge in [0.05, 0.1) is 6.04 Å². The van der Waals surface area contributed by atoms with Crippen LogP contribution in [0.2, 0.25) is 10.0 Å². The van der Waals surface area contributed by atoms with Gasteiger partial charge in [-0.1, -0.05) is 56.1 Å². The number of aliphatic carboxylic acids is 1. The summed E-state index contributed by atoms with van der Waals surface area (Å²) >= 11 is 12.6. The molecule has 4 atom stereocenters. The summed E-state index contributed by atoms with van der Waals surface area (Å²) in [5, 5.41) is 14.1. The van der Waals surface area contributed by atoms with Crippen molar-refractivity contribution in [3.05, 3.63) is 69.2 Å². The Morgan fingerprint density at radius 1 is 1.13 bits per heavy atom. The van der Waals surface area contributed by atoms with Gasteiger partial charge in [0.25, 0.3) is 11.8 Å². The molecule has 0 saturated heterocycles. The minimum absolute atomic E-state index is 0. The van der Waals surface area contributed by atoms with E-state index in [2.05, 4.69) is 19.2 Å². The van der Waals surface area contributed by atoms with Crippen LogP contribution in [0.5, 0.6) is 0 Å². The van der Waals surface area contributed by atoms with Gasteiger partial charge in [0.15, 0.2) is 0 Å². The molecule has 2 aromatic carbocycles. The van der Waals surface area contributed by atoms with E-state index < -0.39 is 11.6 Å². The monoisotopic (exact) mass is 579 g/mol. The van der Waals surface area contributed by atoms with Crippen molar-refractivity contribution in [2.45, 2.75) is 64.6 Å². The minimum Gasteiger partial charge on any atom is -0.550 e. The van der Waals surface area contributed by atoms with Crippen LogP contribution in [0.25, 0.3) is 0 Å². The average molecular weight is 580 g/mol. The molecule has 1 saturated carbocycles. The van der Waals surface area contributed by atoms with Gasteiger partial charge in [-0.25, -0.2) is 0 Å². The van der Waals surface area contributed by atoms with Gasteiger partial charge in [0, 0.05) is 40.1 Å². The molecule has 1 N–H and O–H groups in total. The summed E-state index contributed by atoms with van der Waals surface area (Å²) in [5.41, 5.74) is 1.63. The molecule has 4 rings (SSSR count). The van der Waals surface area contributed by atoms with Gasteiger partial charge in [0.1, 0.15) is 11.4 Å². The number of nitrogens with zero attached hydrogens (tertiary/aromatic N) is 2. The minimum atomic E-state index is -1.22. The number of hydrogen-bond acceptors (Lipinski definition) is 5. The Labute approximate surface area is 261 Å². The van der Waals surface area contributed by atoms with Crippen molar-refractivity contribution in [1.29, 1.82) is 0 Å². The number of rotatable bonds is 8. The van der Waals surface area contributed by atoms with Crippen molar-refractivity contribution in [2.24, 2.45) is 16.8 Å². The predicted octanol–water partition coefficient (Wildman–Crippen LogP) is 1.80. The number of amides is 2. The maximum atomic E-state index is 14.1. The van der Waals surface area contributed by atoms with Crippen molar-refractivity contribution in [3.63, 3.8) is 0 Å². The number of carbonyl (C=O) groups is 3. The number of carbonyl (C=O) groups excluding carboxylic acids is 3. The Hall–Kier alpha value is -1.90. The summed E-state index contributed by atoms with van der Waals surface area (Å²) in [6.07, 6.45) is 2.88. The van der Waals surface area contributed by atoms with Crippen LogP contribution in [0.4, 0.5) is 0 Å². The van der Waals surface area contributed by atoms with Crippen LogP contribution in [0, 0.1) is 11.8 Å². The second-order valence-electron chi connectivity index (χ2n) is 10.4. The molecule has 1 fully saturated rings. The Balaban J connectivity index is 0.00000420. The van der Waals surface area contributed by atoms with E-state index >= 15 is 0 Å². The molecule has 7 nitrogen and oxygen atoms in total. The van der Waals surface area contributed by atoms with Crippen LogP contribution >= 0.6 is 23.2 Å². The molecule has 1 aliphatic carbocycles. The summed E-state index contributed by atoms with van der Waals surface area (Å²) in [4.78, 5) is 44.2. The third kappa shape index (κ3) is 6.88. The summed E-state index contributed by atoms with van der Waals surface area (Å²) in [6.45, 7) is 6.49. The van der Waals surface area contributed by atoms with Crippen LogP contribution < -0.4 is 40.0 Å². The molecule has 0 radical (unpaired) electrons. The quantitative estimate of drug-likeness (QED) is 0.482. The van der Waals surface area contributed by atoms with E-state index in [1.165, 1.54) is 0 Å². The standard InChI is InChI=1S/C29H33Cl2N3O4.Na/c1-4-24(19-5-7-20(8-6-19)27(37)32-12-10-25(35)36)34-28(38)26(21-13-22(30)15-23(31)14-21)33-29(34)11-9-17(2)18(3)16-29;/h5-8,13-15,17-18,24H,4,9-12,16H2,1-3H3,(H,32,37)(H,35,36);/q;+1/p-1/t17?,18?,24-,29?;/m1./s1. The van der Waals surface area contributed by atoms with Crippen LogP contribution in [0.1, 0.15) is 80.4 Å². The Bertz CT molecular complexity index is 1250. The molecule has 10 heteroatoms. The number of benzene rings is 2. The van der Waals surface area contributed by atoms with Crippen molar-refractivity contribution in [2.75, 3.05) is 6.54 Å². The topological polar surface area (TPSA) is 102 Å². The third-order valence-corrected chi connectivity index (χ3v) is 8.25. The molecule has 3 unspecified atom stereocenters. The fraction of sp³-hybridized carbons (Fsp3) is 0.448. The largest absolute Gasteiger partial charge is 1.00 e. The fourth-order valence-electron chi connectivity index (χ4n) is 5.61. The van der Waals surface area contributed by atoms with Gasteiger partial charge >= 0.3 is 29.6 Å². The zero-order valence-corrected chi connectivity index (χ0v) is 26.3. The smallest absolute Gasteiger partial charge is 0.550 e. The number of hydrogen-bond donors (Lipinski definition) is 1. The summed E-state index contributed by atoms with van der Waals surface area (Å²) in [6, 6.07) is 11.9. The first-order valence-corrected chi connectivity index (χ1v) is 13.8. The first-order chi connectivity index (χ1) is 18.0. The molecule has 1 aliphatic heterocycles. The molecule has 0 aromatic heterocycles. The molecule has 202 valence electrons. The number of nitrogens with one attached hydrogen (secondary N) is 1. The van der Waals surface area contributed by atoms with E-state index in [-0.39, 0.29) is 60.4 Å². The zero-order chi connectivity index (χ0) is 27.6. The molecule has 2 aromatic rings. The second kappa shape index (κ2) is 13.2. The van der Waals surface area contributed by atoms with E-state index in [4.69, 9.17) is 28.2 Å². The van der Waals surface area contributed by atoms with Gasteiger partial charge in [-0.05, 0) is 73.4 Å². The normalized spacial score (nSPS) is 23.3. The Kier molecular flexibility index (Phi) is 10.7. The second-order valence-corrected chi connectivity index (χ2v) is 11.3. The van der Waals surface area contributed by atoms with Crippen LogP contribution in [0.15, 0.2) is 47.5 Å². The molecular weight excluding hydrogens is 548 g/mol. The van der Waals surface area contributed by atoms with E-state index in [0.717, 1.165) is 24.8 Å². The maximum Gasteiger partial charge on any atom is 1.00 e. The van der Waals surface area contributed by atoms with Crippen LogP contribution in [0.3, 0.4) is 0 Å². The fourth-order valence-corrected chi connectivity index (χ4v) is 6.14. The summed E-state index contributed by atoms with van der Waals surface area (Å²) < 4.78 is 0. The van der Waals surface area contributed by atoms with Gasteiger partial charge in [0.2, 0.25) is 0 Å². The summed E-state index contributed by atoms with van der Waals surface area (Å²) in [7, 11) is 0. The molecule has 1 spiro atoms.